The van der Waals surface area contributed by atoms with Gasteiger partial charge in [0.15, 0.2) is 5.82 Å². The number of pyridine rings is 1. The molecular formula is C10H11N3. The van der Waals surface area contributed by atoms with Gasteiger partial charge in [-0.25, -0.2) is 4.98 Å². The normalized spacial score (nSPS) is 10.2. The van der Waals surface area contributed by atoms with Crippen LogP contribution in [0.25, 0.3) is 11.5 Å². The summed E-state index contributed by atoms with van der Waals surface area (Å²) in [6.07, 6.45) is 4.59. The molecule has 0 aliphatic carbocycles. The Kier molecular flexibility index (Phi) is 2.08. The Bertz CT molecular complexity index is 378. The van der Waals surface area contributed by atoms with Crippen LogP contribution in [0.2, 0.25) is 0 Å². The van der Waals surface area contributed by atoms with Crippen molar-refractivity contribution in [1.82, 2.24) is 15.0 Å². The van der Waals surface area contributed by atoms with E-state index in [2.05, 4.69) is 21.9 Å². The summed E-state index contributed by atoms with van der Waals surface area (Å²) in [6.45, 7) is 2.09. The first kappa shape index (κ1) is 7.98. The van der Waals surface area contributed by atoms with Gasteiger partial charge in [-0.05, 0) is 18.6 Å². The molecule has 0 fully saturated rings. The second kappa shape index (κ2) is 3.39. The lowest BCUT2D eigenvalue weighted by molar-refractivity contribution is 1.06. The number of aryl methyl sites for hydroxylation is 1. The summed E-state index contributed by atoms with van der Waals surface area (Å²) >= 11 is 0. The molecule has 66 valence electrons. The van der Waals surface area contributed by atoms with Crippen LogP contribution in [0.15, 0.2) is 30.6 Å². The molecule has 3 heteroatoms. The first-order valence-electron chi connectivity index (χ1n) is 4.35. The highest BCUT2D eigenvalue weighted by Gasteiger charge is 2.01. The first-order chi connectivity index (χ1) is 6.40. The van der Waals surface area contributed by atoms with Crippen LogP contribution in [-0.4, -0.2) is 15.0 Å². The number of hydrogen-bond donors (Lipinski definition) is 1. The monoisotopic (exact) mass is 173 g/mol. The molecule has 0 aromatic carbocycles. The lowest BCUT2D eigenvalue weighted by Crippen LogP contribution is -1.84. The van der Waals surface area contributed by atoms with E-state index in [-0.39, 0.29) is 0 Å². The summed E-state index contributed by atoms with van der Waals surface area (Å²) in [5.74, 6) is 0.845. The Morgan fingerprint density at radius 2 is 2.23 bits per heavy atom. The molecule has 0 saturated carbocycles. The maximum absolute atomic E-state index is 4.24. The molecule has 2 rings (SSSR count). The number of imidazole rings is 1. The topological polar surface area (TPSA) is 41.6 Å². The minimum atomic E-state index is 0.845. The predicted octanol–water partition coefficient (Wildman–Crippen LogP) is 2.03. The number of H-pyrrole nitrogens is 1. The van der Waals surface area contributed by atoms with Crippen molar-refractivity contribution in [3.8, 4) is 11.5 Å². The van der Waals surface area contributed by atoms with Crippen LogP contribution >= 0.6 is 0 Å². The van der Waals surface area contributed by atoms with Crippen LogP contribution in [0, 0.1) is 0 Å². The summed E-state index contributed by atoms with van der Waals surface area (Å²) in [5.41, 5.74) is 2.03. The fourth-order valence-corrected chi connectivity index (χ4v) is 1.17. The lowest BCUT2D eigenvalue weighted by Gasteiger charge is -1.93. The Balaban J connectivity index is 2.36. The van der Waals surface area contributed by atoms with E-state index >= 15 is 0 Å². The third-order valence-corrected chi connectivity index (χ3v) is 1.92. The molecule has 1 N–H and O–H groups in total. The SMILES string of the molecule is CCc1cnc(-c2ccccn2)[nH]1. The van der Waals surface area contributed by atoms with Gasteiger partial charge < -0.3 is 4.98 Å². The van der Waals surface area contributed by atoms with E-state index < -0.39 is 0 Å². The molecule has 0 aliphatic heterocycles. The second-order valence-electron chi connectivity index (χ2n) is 2.83. The Morgan fingerprint density at radius 3 is 2.85 bits per heavy atom. The molecule has 0 spiro atoms. The maximum Gasteiger partial charge on any atom is 0.156 e. The predicted molar refractivity (Wildman–Crippen MR) is 51.2 cm³/mol. The second-order valence-corrected chi connectivity index (χ2v) is 2.83. The van der Waals surface area contributed by atoms with Gasteiger partial charge in [-0.2, -0.15) is 0 Å². The summed E-state index contributed by atoms with van der Waals surface area (Å²) < 4.78 is 0. The van der Waals surface area contributed by atoms with Gasteiger partial charge in [0.05, 0.1) is 0 Å². The van der Waals surface area contributed by atoms with Crippen LogP contribution < -0.4 is 0 Å². The highest BCUT2D eigenvalue weighted by atomic mass is 14.9. The molecule has 0 radical (unpaired) electrons. The van der Waals surface area contributed by atoms with Crippen LogP contribution in [-0.2, 0) is 6.42 Å². The molecule has 0 saturated heterocycles. The summed E-state index contributed by atoms with van der Waals surface area (Å²) in [6, 6.07) is 5.79. The first-order valence-corrected chi connectivity index (χ1v) is 4.35. The largest absolute Gasteiger partial charge is 0.341 e. The van der Waals surface area contributed by atoms with E-state index in [4.69, 9.17) is 0 Å². The van der Waals surface area contributed by atoms with Crippen LogP contribution in [0.4, 0.5) is 0 Å². The molecule has 13 heavy (non-hydrogen) atoms. The van der Waals surface area contributed by atoms with Gasteiger partial charge in [0.1, 0.15) is 5.69 Å². The smallest absolute Gasteiger partial charge is 0.156 e. The Hall–Kier alpha value is -1.64. The van der Waals surface area contributed by atoms with E-state index in [1.807, 2.05) is 24.4 Å². The quantitative estimate of drug-likeness (QED) is 0.755. The summed E-state index contributed by atoms with van der Waals surface area (Å²) in [7, 11) is 0. The number of nitrogens with one attached hydrogen (secondary N) is 1. The van der Waals surface area contributed by atoms with Gasteiger partial charge >= 0.3 is 0 Å². The maximum atomic E-state index is 4.24. The van der Waals surface area contributed by atoms with E-state index in [1.165, 1.54) is 0 Å². The van der Waals surface area contributed by atoms with Crippen molar-refractivity contribution in [3.05, 3.63) is 36.3 Å². The number of hydrogen-bond acceptors (Lipinski definition) is 2. The standard InChI is InChI=1S/C10H11N3/c1-2-8-7-12-10(13-8)9-5-3-4-6-11-9/h3-7H,2H2,1H3,(H,12,13). The van der Waals surface area contributed by atoms with Gasteiger partial charge in [-0.15, -0.1) is 0 Å². The zero-order chi connectivity index (χ0) is 9.10. The molecule has 0 atom stereocenters. The van der Waals surface area contributed by atoms with Gasteiger partial charge in [0.2, 0.25) is 0 Å². The minimum Gasteiger partial charge on any atom is -0.341 e. The average Bonchev–Trinajstić information content (AvgIpc) is 2.67. The molecule has 0 amide bonds. The van der Waals surface area contributed by atoms with Crippen molar-refractivity contribution in [2.75, 3.05) is 0 Å². The minimum absolute atomic E-state index is 0.845. The molecule has 2 heterocycles. The van der Waals surface area contributed by atoms with Gasteiger partial charge in [0, 0.05) is 18.1 Å². The van der Waals surface area contributed by atoms with Gasteiger partial charge in [-0.1, -0.05) is 13.0 Å². The molecule has 0 aliphatic rings. The van der Waals surface area contributed by atoms with Crippen molar-refractivity contribution in [1.29, 1.82) is 0 Å². The van der Waals surface area contributed by atoms with Crippen molar-refractivity contribution in [2.45, 2.75) is 13.3 Å². The van der Waals surface area contributed by atoms with Crippen LogP contribution in [0.1, 0.15) is 12.6 Å². The van der Waals surface area contributed by atoms with Crippen LogP contribution in [0.5, 0.6) is 0 Å². The molecule has 0 bridgehead atoms. The zero-order valence-electron chi connectivity index (χ0n) is 7.49. The Morgan fingerprint density at radius 1 is 1.31 bits per heavy atom. The van der Waals surface area contributed by atoms with Crippen molar-refractivity contribution >= 4 is 0 Å². The van der Waals surface area contributed by atoms with Gasteiger partial charge in [0.25, 0.3) is 0 Å². The highest BCUT2D eigenvalue weighted by Crippen LogP contribution is 2.11. The lowest BCUT2D eigenvalue weighted by atomic mass is 10.3. The number of aromatic nitrogens is 3. The fourth-order valence-electron chi connectivity index (χ4n) is 1.17. The van der Waals surface area contributed by atoms with Gasteiger partial charge in [-0.3, -0.25) is 4.98 Å². The highest BCUT2D eigenvalue weighted by molar-refractivity contribution is 5.48. The fraction of sp³-hybridized carbons (Fsp3) is 0.200. The summed E-state index contributed by atoms with van der Waals surface area (Å²) in [4.78, 5) is 11.6. The van der Waals surface area contributed by atoms with Crippen molar-refractivity contribution in [3.63, 3.8) is 0 Å². The third kappa shape index (κ3) is 1.59. The zero-order valence-corrected chi connectivity index (χ0v) is 7.49. The number of rotatable bonds is 2. The molecule has 0 unspecified atom stereocenters. The van der Waals surface area contributed by atoms with Crippen LogP contribution in [0.3, 0.4) is 0 Å². The van der Waals surface area contributed by atoms with Crippen molar-refractivity contribution < 1.29 is 0 Å². The molecular weight excluding hydrogens is 162 g/mol. The van der Waals surface area contributed by atoms with E-state index in [0.29, 0.717) is 0 Å². The molecule has 2 aromatic rings. The molecule has 3 nitrogen and oxygen atoms in total. The molecule has 2 aromatic heterocycles. The van der Waals surface area contributed by atoms with E-state index in [1.54, 1.807) is 6.20 Å². The van der Waals surface area contributed by atoms with E-state index in [0.717, 1.165) is 23.6 Å². The van der Waals surface area contributed by atoms with Crippen molar-refractivity contribution in [2.24, 2.45) is 0 Å². The Labute approximate surface area is 76.9 Å². The van der Waals surface area contributed by atoms with E-state index in [9.17, 15) is 0 Å². The number of aromatic amines is 1. The summed E-state index contributed by atoms with van der Waals surface area (Å²) in [5, 5.41) is 0. The average molecular weight is 173 g/mol. The third-order valence-electron chi connectivity index (χ3n) is 1.92. The number of nitrogens with zero attached hydrogens (tertiary/aromatic N) is 2.